The van der Waals surface area contributed by atoms with E-state index in [-0.39, 0.29) is 28.1 Å². The van der Waals surface area contributed by atoms with Gasteiger partial charge in [0.15, 0.2) is 0 Å². The Kier molecular flexibility index (Phi) is 3.75. The summed E-state index contributed by atoms with van der Waals surface area (Å²) < 4.78 is 1.74. The zero-order chi connectivity index (χ0) is 15.1. The van der Waals surface area contributed by atoms with Gasteiger partial charge in [0.2, 0.25) is 5.82 Å². The number of aryl methyl sites for hydroxylation is 1. The molecule has 0 amide bonds. The molecule has 0 saturated heterocycles. The van der Waals surface area contributed by atoms with Crippen LogP contribution in [0.3, 0.4) is 0 Å². The van der Waals surface area contributed by atoms with Crippen LogP contribution in [0.15, 0.2) is 0 Å². The zero-order valence-corrected chi connectivity index (χ0v) is 12.9. The maximum atomic E-state index is 11.3. The molecule has 0 spiro atoms. The fourth-order valence-electron chi connectivity index (χ4n) is 3.02. The third-order valence-corrected chi connectivity index (χ3v) is 4.29. The largest absolute Gasteiger partial charge is 0.361 e. The van der Waals surface area contributed by atoms with Gasteiger partial charge in [-0.15, -0.1) is 0 Å². The van der Waals surface area contributed by atoms with Crippen molar-refractivity contribution in [2.24, 2.45) is 5.41 Å². The molecule has 112 valence electrons. The molecule has 1 aliphatic rings. The van der Waals surface area contributed by atoms with Crippen LogP contribution in [0.5, 0.6) is 0 Å². The third-order valence-electron chi connectivity index (χ3n) is 4.29. The van der Waals surface area contributed by atoms with E-state index in [4.69, 9.17) is 0 Å². The summed E-state index contributed by atoms with van der Waals surface area (Å²) in [6, 6.07) is 0.351. The Labute approximate surface area is 119 Å². The lowest BCUT2D eigenvalue weighted by Gasteiger charge is -2.28. The molecule has 6 heteroatoms. The molecule has 20 heavy (non-hydrogen) atoms. The van der Waals surface area contributed by atoms with E-state index in [1.54, 1.807) is 11.6 Å². The molecule has 6 nitrogen and oxygen atoms in total. The molecule has 1 aromatic heterocycles. The summed E-state index contributed by atoms with van der Waals surface area (Å²) in [7, 11) is 0. The van der Waals surface area contributed by atoms with Gasteiger partial charge in [-0.25, -0.2) is 4.68 Å². The van der Waals surface area contributed by atoms with Gasteiger partial charge >= 0.3 is 5.69 Å². The topological polar surface area (TPSA) is 73.0 Å². The monoisotopic (exact) mass is 280 g/mol. The van der Waals surface area contributed by atoms with Crippen molar-refractivity contribution in [3.63, 3.8) is 0 Å². The molecule has 0 aliphatic heterocycles. The molecule has 1 N–H and O–H groups in total. The van der Waals surface area contributed by atoms with E-state index in [2.05, 4.69) is 24.3 Å². The Hall–Kier alpha value is -1.59. The maximum absolute atomic E-state index is 11.3. The van der Waals surface area contributed by atoms with E-state index in [1.807, 2.05) is 13.8 Å². The number of nitrogens with one attached hydrogen (secondary N) is 1. The first kappa shape index (κ1) is 14.8. The van der Waals surface area contributed by atoms with Gasteiger partial charge in [0.1, 0.15) is 5.69 Å². The van der Waals surface area contributed by atoms with Crippen LogP contribution in [0.25, 0.3) is 0 Å². The number of nitrogens with zero attached hydrogens (tertiary/aromatic N) is 3. The Morgan fingerprint density at radius 2 is 2.15 bits per heavy atom. The van der Waals surface area contributed by atoms with Crippen molar-refractivity contribution in [2.45, 2.75) is 66.0 Å². The third kappa shape index (κ3) is 2.51. The van der Waals surface area contributed by atoms with E-state index < -0.39 is 0 Å². The van der Waals surface area contributed by atoms with Crippen LogP contribution in [0.1, 0.15) is 58.7 Å². The standard InChI is InChI=1S/C14H24N4O2/c1-9(2)17-13(12(18(19)20)10(3)16-17)15-11-7-6-8-14(11,4)5/h9,11,15H,6-8H2,1-5H3. The molecule has 0 bridgehead atoms. The van der Waals surface area contributed by atoms with Crippen molar-refractivity contribution in [1.29, 1.82) is 0 Å². The van der Waals surface area contributed by atoms with Crippen LogP contribution < -0.4 is 5.32 Å². The molecule has 0 radical (unpaired) electrons. The lowest BCUT2D eigenvalue weighted by Crippen LogP contribution is -2.32. The molecule has 1 unspecified atom stereocenters. The predicted molar refractivity (Wildman–Crippen MR) is 79.0 cm³/mol. The maximum Gasteiger partial charge on any atom is 0.333 e. The van der Waals surface area contributed by atoms with Crippen molar-refractivity contribution < 1.29 is 4.92 Å². The first-order valence-electron chi connectivity index (χ1n) is 7.24. The summed E-state index contributed by atoms with van der Waals surface area (Å²) in [5, 5.41) is 19.1. The van der Waals surface area contributed by atoms with Crippen LogP contribution in [-0.4, -0.2) is 20.7 Å². The highest BCUT2D eigenvalue weighted by atomic mass is 16.6. The highest BCUT2D eigenvalue weighted by Crippen LogP contribution is 2.41. The van der Waals surface area contributed by atoms with E-state index >= 15 is 0 Å². The second kappa shape index (κ2) is 5.07. The van der Waals surface area contributed by atoms with Crippen molar-refractivity contribution >= 4 is 11.5 Å². The van der Waals surface area contributed by atoms with Crippen LogP contribution in [0.4, 0.5) is 11.5 Å². The Morgan fingerprint density at radius 3 is 2.60 bits per heavy atom. The molecule has 1 aromatic rings. The van der Waals surface area contributed by atoms with E-state index in [0.29, 0.717) is 11.5 Å². The minimum absolute atomic E-state index is 0.0921. The van der Waals surface area contributed by atoms with Gasteiger partial charge in [-0.3, -0.25) is 10.1 Å². The molecular weight excluding hydrogens is 256 g/mol. The molecule has 1 saturated carbocycles. The zero-order valence-electron chi connectivity index (χ0n) is 12.9. The minimum Gasteiger partial charge on any atom is -0.361 e. The fraction of sp³-hybridized carbons (Fsp3) is 0.786. The smallest absolute Gasteiger partial charge is 0.333 e. The summed E-state index contributed by atoms with van der Waals surface area (Å²) in [5.41, 5.74) is 0.747. The van der Waals surface area contributed by atoms with Gasteiger partial charge in [0.05, 0.1) is 4.92 Å². The van der Waals surface area contributed by atoms with E-state index in [9.17, 15) is 10.1 Å². The number of nitro groups is 1. The van der Waals surface area contributed by atoms with E-state index in [1.165, 1.54) is 0 Å². The van der Waals surface area contributed by atoms with Gasteiger partial charge in [0, 0.05) is 12.1 Å². The number of hydrogen-bond acceptors (Lipinski definition) is 4. The summed E-state index contributed by atoms with van der Waals surface area (Å²) in [4.78, 5) is 11.0. The molecular formula is C14H24N4O2. The van der Waals surface area contributed by atoms with Crippen molar-refractivity contribution in [2.75, 3.05) is 5.32 Å². The Bertz CT molecular complexity index is 519. The average Bonchev–Trinajstić information content (AvgIpc) is 2.80. The summed E-state index contributed by atoms with van der Waals surface area (Å²) in [6.07, 6.45) is 3.35. The quantitative estimate of drug-likeness (QED) is 0.674. The van der Waals surface area contributed by atoms with Crippen molar-refractivity contribution in [3.05, 3.63) is 15.8 Å². The van der Waals surface area contributed by atoms with Crippen LogP contribution in [-0.2, 0) is 0 Å². The average molecular weight is 280 g/mol. The fourth-order valence-corrected chi connectivity index (χ4v) is 3.02. The van der Waals surface area contributed by atoms with Gasteiger partial charge in [-0.05, 0) is 39.0 Å². The molecule has 1 aliphatic carbocycles. The van der Waals surface area contributed by atoms with Crippen molar-refractivity contribution in [3.8, 4) is 0 Å². The summed E-state index contributed by atoms with van der Waals surface area (Å²) in [5.74, 6) is 0.558. The van der Waals surface area contributed by atoms with Crippen molar-refractivity contribution in [1.82, 2.24) is 9.78 Å². The number of aromatic nitrogens is 2. The Balaban J connectivity index is 2.41. The number of hydrogen-bond donors (Lipinski definition) is 1. The highest BCUT2D eigenvalue weighted by Gasteiger charge is 2.37. The number of rotatable bonds is 4. The molecule has 1 atom stereocenters. The van der Waals surface area contributed by atoms with Gasteiger partial charge in [-0.1, -0.05) is 20.3 Å². The van der Waals surface area contributed by atoms with Gasteiger partial charge in [-0.2, -0.15) is 5.10 Å². The molecule has 2 rings (SSSR count). The summed E-state index contributed by atoms with van der Waals surface area (Å²) in [6.45, 7) is 10.1. The van der Waals surface area contributed by atoms with E-state index in [0.717, 1.165) is 19.3 Å². The second-order valence-corrected chi connectivity index (χ2v) is 6.66. The molecule has 1 heterocycles. The normalized spacial score (nSPS) is 21.4. The second-order valence-electron chi connectivity index (χ2n) is 6.66. The Morgan fingerprint density at radius 1 is 1.50 bits per heavy atom. The first-order chi connectivity index (χ1) is 9.24. The SMILES string of the molecule is Cc1nn(C(C)C)c(NC2CCCC2(C)C)c1[N+](=O)[O-]. The van der Waals surface area contributed by atoms with Crippen LogP contribution >= 0.6 is 0 Å². The van der Waals surface area contributed by atoms with Gasteiger partial charge in [0.25, 0.3) is 0 Å². The first-order valence-corrected chi connectivity index (χ1v) is 7.24. The van der Waals surface area contributed by atoms with Crippen LogP contribution in [0.2, 0.25) is 0 Å². The summed E-state index contributed by atoms with van der Waals surface area (Å²) >= 11 is 0. The lowest BCUT2D eigenvalue weighted by molar-refractivity contribution is -0.384. The lowest BCUT2D eigenvalue weighted by atomic mass is 9.87. The minimum atomic E-state index is -0.328. The predicted octanol–water partition coefficient (Wildman–Crippen LogP) is 3.67. The molecule has 0 aromatic carbocycles. The highest BCUT2D eigenvalue weighted by molar-refractivity contribution is 5.60. The van der Waals surface area contributed by atoms with Crippen LogP contribution in [0, 0.1) is 22.5 Å². The number of anilines is 1. The van der Waals surface area contributed by atoms with Gasteiger partial charge < -0.3 is 5.32 Å². The molecule has 1 fully saturated rings.